The van der Waals surface area contributed by atoms with Crippen LogP contribution < -0.4 is 14.4 Å². The highest BCUT2D eigenvalue weighted by molar-refractivity contribution is 5.89. The van der Waals surface area contributed by atoms with Gasteiger partial charge in [-0.1, -0.05) is 12.1 Å². The van der Waals surface area contributed by atoms with E-state index in [1.165, 1.54) is 11.0 Å². The molecule has 1 heterocycles. The smallest absolute Gasteiger partial charge is 0.412 e. The number of carboxylic acid groups (broad SMARTS) is 1. The number of benzene rings is 1. The molecule has 1 aliphatic heterocycles. The first-order valence-electron chi connectivity index (χ1n) is 5.74. The molecule has 0 saturated heterocycles. The van der Waals surface area contributed by atoms with Gasteiger partial charge in [0, 0.05) is 13.0 Å². The minimum absolute atomic E-state index is 0.204. The van der Waals surface area contributed by atoms with E-state index in [1.807, 2.05) is 0 Å². The molecule has 0 radical (unpaired) electrons. The molecule has 1 aromatic rings. The third-order valence-corrected chi connectivity index (χ3v) is 2.58. The molecule has 18 heavy (non-hydrogen) atoms. The second kappa shape index (κ2) is 5.44. The third-order valence-electron chi connectivity index (χ3n) is 2.58. The topological polar surface area (TPSA) is 59.0 Å². The van der Waals surface area contributed by atoms with Crippen LogP contribution in [0, 0.1) is 0 Å². The molecule has 0 spiro atoms. The molecule has 5 heteroatoms. The number of hydrogen-bond donors (Lipinski definition) is 1. The summed E-state index contributed by atoms with van der Waals surface area (Å²) in [5, 5.41) is 9.21. The van der Waals surface area contributed by atoms with Gasteiger partial charge < -0.3 is 14.6 Å². The normalized spacial score (nSPS) is 13.6. The van der Waals surface area contributed by atoms with Gasteiger partial charge in [0.2, 0.25) is 0 Å². The van der Waals surface area contributed by atoms with Crippen molar-refractivity contribution in [2.45, 2.75) is 6.42 Å². The van der Waals surface area contributed by atoms with Gasteiger partial charge >= 0.3 is 6.09 Å². The van der Waals surface area contributed by atoms with Crippen LogP contribution >= 0.6 is 0 Å². The first-order chi connectivity index (χ1) is 8.74. The summed E-state index contributed by atoms with van der Waals surface area (Å²) >= 11 is 0. The van der Waals surface area contributed by atoms with E-state index >= 15 is 0 Å². The summed E-state index contributed by atoms with van der Waals surface area (Å²) in [6, 6.07) is 5.23. The zero-order valence-corrected chi connectivity index (χ0v) is 9.96. The quantitative estimate of drug-likeness (QED) is 0.836. The molecule has 0 aromatic heterocycles. The second-order valence-corrected chi connectivity index (χ2v) is 3.84. The Morgan fingerprint density at radius 1 is 1.44 bits per heavy atom. The predicted molar refractivity (Wildman–Crippen MR) is 67.6 cm³/mol. The van der Waals surface area contributed by atoms with Gasteiger partial charge in [-0.25, -0.2) is 4.79 Å². The molecule has 1 aromatic carbocycles. The molecule has 0 atom stereocenters. The molecular weight excluding hydrogens is 234 g/mol. The Labute approximate surface area is 105 Å². The number of nitrogens with zero attached hydrogens (tertiary/aromatic N) is 1. The average molecular weight is 249 g/mol. The van der Waals surface area contributed by atoms with E-state index in [1.54, 1.807) is 18.2 Å². The maximum Gasteiger partial charge on any atom is 0.412 e. The minimum Gasteiger partial charge on any atom is -0.489 e. The van der Waals surface area contributed by atoms with E-state index in [0.717, 1.165) is 6.42 Å². The van der Waals surface area contributed by atoms with E-state index < -0.39 is 6.09 Å². The molecular formula is C13H15NO4. The minimum atomic E-state index is -1.05. The average Bonchev–Trinajstić information content (AvgIpc) is 2.60. The zero-order chi connectivity index (χ0) is 13.0. The van der Waals surface area contributed by atoms with Gasteiger partial charge in [0.15, 0.2) is 11.5 Å². The highest BCUT2D eigenvalue weighted by Crippen LogP contribution is 2.39. The Balaban J connectivity index is 2.42. The van der Waals surface area contributed by atoms with Gasteiger partial charge in [0.25, 0.3) is 0 Å². The molecule has 96 valence electrons. The fraction of sp³-hybridized carbons (Fsp3) is 0.308. The number of anilines is 1. The van der Waals surface area contributed by atoms with E-state index in [-0.39, 0.29) is 6.54 Å². The van der Waals surface area contributed by atoms with Gasteiger partial charge in [-0.3, -0.25) is 4.90 Å². The van der Waals surface area contributed by atoms with Crippen molar-refractivity contribution in [3.8, 4) is 11.5 Å². The Kier molecular flexibility index (Phi) is 3.72. The molecule has 1 N–H and O–H groups in total. The number of fused-ring (bicyclic) bond motifs is 1. The highest BCUT2D eigenvalue weighted by atomic mass is 16.5. The maximum absolute atomic E-state index is 11.2. The van der Waals surface area contributed by atoms with Gasteiger partial charge in [-0.05, 0) is 12.1 Å². The molecule has 0 fully saturated rings. The van der Waals surface area contributed by atoms with Crippen LogP contribution in [-0.4, -0.2) is 31.0 Å². The van der Waals surface area contributed by atoms with Crippen LogP contribution in [-0.2, 0) is 0 Å². The van der Waals surface area contributed by atoms with Crippen LogP contribution in [0.15, 0.2) is 30.9 Å². The monoisotopic (exact) mass is 249 g/mol. The Hall–Kier alpha value is -2.17. The van der Waals surface area contributed by atoms with Crippen molar-refractivity contribution in [1.82, 2.24) is 0 Å². The largest absolute Gasteiger partial charge is 0.489 e. The highest BCUT2D eigenvalue weighted by Gasteiger charge is 2.22. The number of amides is 1. The lowest BCUT2D eigenvalue weighted by atomic mass is 10.2. The first kappa shape index (κ1) is 12.3. The van der Waals surface area contributed by atoms with Crippen molar-refractivity contribution in [1.29, 1.82) is 0 Å². The van der Waals surface area contributed by atoms with E-state index in [0.29, 0.717) is 30.4 Å². The fourth-order valence-electron chi connectivity index (χ4n) is 1.80. The van der Waals surface area contributed by atoms with E-state index in [2.05, 4.69) is 6.58 Å². The second-order valence-electron chi connectivity index (χ2n) is 3.84. The van der Waals surface area contributed by atoms with Gasteiger partial charge in [-0.15, -0.1) is 6.58 Å². The molecule has 0 saturated carbocycles. The molecule has 5 nitrogen and oxygen atoms in total. The van der Waals surface area contributed by atoms with Crippen molar-refractivity contribution in [3.05, 3.63) is 30.9 Å². The number of hydrogen-bond acceptors (Lipinski definition) is 3. The van der Waals surface area contributed by atoms with Crippen LogP contribution in [0.3, 0.4) is 0 Å². The summed E-state index contributed by atoms with van der Waals surface area (Å²) in [6.07, 6.45) is 1.27. The summed E-state index contributed by atoms with van der Waals surface area (Å²) in [6.45, 7) is 4.86. The molecule has 0 aliphatic carbocycles. The van der Waals surface area contributed by atoms with Crippen LogP contribution in [0.2, 0.25) is 0 Å². The first-order valence-corrected chi connectivity index (χ1v) is 5.74. The number of carbonyl (C=O) groups is 1. The molecule has 1 aliphatic rings. The molecule has 0 unspecified atom stereocenters. The number of rotatable bonds is 3. The summed E-state index contributed by atoms with van der Waals surface area (Å²) in [7, 11) is 0. The van der Waals surface area contributed by atoms with Crippen molar-refractivity contribution >= 4 is 11.8 Å². The molecule has 0 bridgehead atoms. The lowest BCUT2D eigenvalue weighted by Crippen LogP contribution is -2.29. The van der Waals surface area contributed by atoms with Crippen LogP contribution in [0.5, 0.6) is 11.5 Å². The van der Waals surface area contributed by atoms with Crippen LogP contribution in [0.4, 0.5) is 10.5 Å². The van der Waals surface area contributed by atoms with Gasteiger partial charge in [0.05, 0.1) is 18.9 Å². The Bertz CT molecular complexity index is 458. The van der Waals surface area contributed by atoms with E-state index in [4.69, 9.17) is 9.47 Å². The lowest BCUT2D eigenvalue weighted by Gasteiger charge is -2.21. The summed E-state index contributed by atoms with van der Waals surface area (Å²) < 4.78 is 11.1. The standard InChI is InChI=1S/C13H15NO4/c1-2-7-14(13(15)16)10-5-3-6-11-12(10)18-9-4-8-17-11/h2-3,5-6H,1,4,7-9H2,(H,15,16). The summed E-state index contributed by atoms with van der Waals surface area (Å²) in [4.78, 5) is 12.4. The summed E-state index contributed by atoms with van der Waals surface area (Å²) in [5.41, 5.74) is 0.488. The van der Waals surface area contributed by atoms with Crippen LogP contribution in [0.25, 0.3) is 0 Å². The van der Waals surface area contributed by atoms with Crippen molar-refractivity contribution in [2.24, 2.45) is 0 Å². The fourth-order valence-corrected chi connectivity index (χ4v) is 1.80. The Morgan fingerprint density at radius 3 is 2.94 bits per heavy atom. The van der Waals surface area contributed by atoms with Crippen molar-refractivity contribution < 1.29 is 19.4 Å². The third kappa shape index (κ3) is 2.40. The van der Waals surface area contributed by atoms with Gasteiger partial charge in [0.1, 0.15) is 0 Å². The van der Waals surface area contributed by atoms with E-state index in [9.17, 15) is 9.90 Å². The zero-order valence-electron chi connectivity index (χ0n) is 9.96. The number of para-hydroxylation sites is 1. The summed E-state index contributed by atoms with van der Waals surface area (Å²) in [5.74, 6) is 1.07. The van der Waals surface area contributed by atoms with Crippen LogP contribution in [0.1, 0.15) is 6.42 Å². The van der Waals surface area contributed by atoms with Crippen molar-refractivity contribution in [3.63, 3.8) is 0 Å². The van der Waals surface area contributed by atoms with Gasteiger partial charge in [-0.2, -0.15) is 0 Å². The lowest BCUT2D eigenvalue weighted by molar-refractivity contribution is 0.202. The predicted octanol–water partition coefficient (Wildman–Crippen LogP) is 2.52. The SMILES string of the molecule is C=CCN(C(=O)O)c1cccc2c1OCCCO2. The molecule has 1 amide bonds. The van der Waals surface area contributed by atoms with Crippen molar-refractivity contribution in [2.75, 3.05) is 24.7 Å². The number of ether oxygens (including phenoxy) is 2. The molecule has 2 rings (SSSR count). The Morgan fingerprint density at radius 2 is 2.22 bits per heavy atom. The maximum atomic E-state index is 11.2.